The van der Waals surface area contributed by atoms with Gasteiger partial charge in [0, 0.05) is 12.1 Å². The Balaban J connectivity index is 1.74. The fourth-order valence-electron chi connectivity index (χ4n) is 2.82. The molecule has 1 N–H and O–H groups in total. The Labute approximate surface area is 125 Å². The van der Waals surface area contributed by atoms with Crippen molar-refractivity contribution in [3.63, 3.8) is 0 Å². The van der Waals surface area contributed by atoms with E-state index < -0.39 is 0 Å². The fraction of sp³-hybridized carbons (Fsp3) is 0.333. The van der Waals surface area contributed by atoms with Gasteiger partial charge in [0.2, 0.25) is 6.79 Å². The van der Waals surface area contributed by atoms with Crippen LogP contribution in [0.15, 0.2) is 42.5 Å². The average Bonchev–Trinajstić information content (AvgIpc) is 2.94. The monoisotopic (exact) mass is 283 g/mol. The Bertz CT molecular complexity index is 639. The summed E-state index contributed by atoms with van der Waals surface area (Å²) in [4.78, 5) is 0. The summed E-state index contributed by atoms with van der Waals surface area (Å²) in [6.07, 6.45) is 0. The number of rotatable bonds is 4. The van der Waals surface area contributed by atoms with Crippen LogP contribution in [-0.4, -0.2) is 6.79 Å². The molecule has 2 aromatic rings. The second-order valence-corrected chi connectivity index (χ2v) is 5.58. The van der Waals surface area contributed by atoms with Crippen molar-refractivity contribution in [1.29, 1.82) is 0 Å². The summed E-state index contributed by atoms with van der Waals surface area (Å²) >= 11 is 0. The first-order valence-electron chi connectivity index (χ1n) is 7.36. The van der Waals surface area contributed by atoms with Crippen LogP contribution in [0.25, 0.3) is 0 Å². The Morgan fingerprint density at radius 1 is 0.952 bits per heavy atom. The van der Waals surface area contributed by atoms with Crippen molar-refractivity contribution in [2.75, 3.05) is 6.79 Å². The third-order valence-electron chi connectivity index (χ3n) is 4.05. The van der Waals surface area contributed by atoms with Crippen molar-refractivity contribution in [2.24, 2.45) is 0 Å². The molecule has 2 aromatic carbocycles. The molecule has 0 amide bonds. The van der Waals surface area contributed by atoms with E-state index in [1.165, 1.54) is 16.7 Å². The maximum absolute atomic E-state index is 5.45. The van der Waals surface area contributed by atoms with Gasteiger partial charge >= 0.3 is 0 Å². The summed E-state index contributed by atoms with van der Waals surface area (Å²) in [7, 11) is 0. The quantitative estimate of drug-likeness (QED) is 0.915. The van der Waals surface area contributed by atoms with E-state index in [1.807, 2.05) is 6.07 Å². The molecular weight excluding hydrogens is 262 g/mol. The Hall–Kier alpha value is -2.00. The van der Waals surface area contributed by atoms with Crippen molar-refractivity contribution < 1.29 is 9.47 Å². The van der Waals surface area contributed by atoms with Gasteiger partial charge in [0.05, 0.1) is 0 Å². The van der Waals surface area contributed by atoms with Gasteiger partial charge in [0.1, 0.15) is 0 Å². The standard InChI is InChI=1S/C18H21NO2/c1-12-6-4-5-7-16(12)14(3)19-13(2)15-8-9-17-18(10-15)21-11-20-17/h4-10,13-14,19H,11H2,1-3H3/t13?,14-/m1/s1. The molecule has 1 unspecified atom stereocenters. The molecule has 0 saturated heterocycles. The number of nitrogens with one attached hydrogen (secondary N) is 1. The lowest BCUT2D eigenvalue weighted by atomic mass is 10.0. The molecule has 0 saturated carbocycles. The summed E-state index contributed by atoms with van der Waals surface area (Å²) in [5.41, 5.74) is 3.86. The molecular formula is C18H21NO2. The van der Waals surface area contributed by atoms with Crippen LogP contribution in [0.2, 0.25) is 0 Å². The molecule has 2 atom stereocenters. The summed E-state index contributed by atoms with van der Waals surface area (Å²) in [5.74, 6) is 1.67. The van der Waals surface area contributed by atoms with E-state index in [4.69, 9.17) is 9.47 Å². The van der Waals surface area contributed by atoms with Crippen molar-refractivity contribution in [1.82, 2.24) is 5.32 Å². The lowest BCUT2D eigenvalue weighted by molar-refractivity contribution is 0.174. The molecule has 0 spiro atoms. The van der Waals surface area contributed by atoms with E-state index in [0.717, 1.165) is 11.5 Å². The molecule has 21 heavy (non-hydrogen) atoms. The molecule has 1 aliphatic heterocycles. The van der Waals surface area contributed by atoms with Crippen molar-refractivity contribution in [3.8, 4) is 11.5 Å². The summed E-state index contributed by atoms with van der Waals surface area (Å²) in [6, 6.07) is 15.2. The highest BCUT2D eigenvalue weighted by molar-refractivity contribution is 5.45. The molecule has 3 heteroatoms. The third-order valence-corrected chi connectivity index (χ3v) is 4.05. The molecule has 1 aliphatic rings. The molecule has 0 radical (unpaired) electrons. The third kappa shape index (κ3) is 2.88. The fourth-order valence-corrected chi connectivity index (χ4v) is 2.82. The van der Waals surface area contributed by atoms with E-state index in [2.05, 4.69) is 62.5 Å². The summed E-state index contributed by atoms with van der Waals surface area (Å²) < 4.78 is 10.8. The van der Waals surface area contributed by atoms with Crippen molar-refractivity contribution >= 4 is 0 Å². The van der Waals surface area contributed by atoms with Gasteiger partial charge in [-0.3, -0.25) is 0 Å². The zero-order valence-electron chi connectivity index (χ0n) is 12.7. The molecule has 0 fully saturated rings. The van der Waals surface area contributed by atoms with Gasteiger partial charge in [-0.15, -0.1) is 0 Å². The number of fused-ring (bicyclic) bond motifs is 1. The molecule has 3 rings (SSSR count). The van der Waals surface area contributed by atoms with Crippen LogP contribution in [0.5, 0.6) is 11.5 Å². The minimum atomic E-state index is 0.245. The van der Waals surface area contributed by atoms with Gasteiger partial charge in [-0.2, -0.15) is 0 Å². The number of benzene rings is 2. The average molecular weight is 283 g/mol. The van der Waals surface area contributed by atoms with Crippen LogP contribution in [0, 0.1) is 6.92 Å². The van der Waals surface area contributed by atoms with E-state index in [9.17, 15) is 0 Å². The van der Waals surface area contributed by atoms with Crippen molar-refractivity contribution in [3.05, 3.63) is 59.2 Å². The molecule has 0 aliphatic carbocycles. The van der Waals surface area contributed by atoms with Crippen LogP contribution < -0.4 is 14.8 Å². The summed E-state index contributed by atoms with van der Waals surface area (Å²) in [5, 5.41) is 3.65. The van der Waals surface area contributed by atoms with Gasteiger partial charge in [-0.1, -0.05) is 30.3 Å². The normalized spacial score (nSPS) is 15.8. The maximum Gasteiger partial charge on any atom is 0.231 e. The highest BCUT2D eigenvalue weighted by atomic mass is 16.7. The molecule has 3 nitrogen and oxygen atoms in total. The second kappa shape index (κ2) is 5.78. The van der Waals surface area contributed by atoms with Gasteiger partial charge in [0.15, 0.2) is 11.5 Å². The zero-order chi connectivity index (χ0) is 14.8. The predicted molar refractivity (Wildman–Crippen MR) is 83.7 cm³/mol. The number of ether oxygens (including phenoxy) is 2. The topological polar surface area (TPSA) is 30.5 Å². The SMILES string of the molecule is Cc1ccccc1[C@@H](C)NC(C)c1ccc2c(c1)OCO2. The highest BCUT2D eigenvalue weighted by Gasteiger charge is 2.17. The number of aryl methyl sites for hydroxylation is 1. The first kappa shape index (κ1) is 14.0. The minimum absolute atomic E-state index is 0.245. The molecule has 0 aromatic heterocycles. The number of hydrogen-bond acceptors (Lipinski definition) is 3. The van der Waals surface area contributed by atoms with Crippen LogP contribution in [0.1, 0.15) is 42.6 Å². The molecule has 0 bridgehead atoms. The van der Waals surface area contributed by atoms with Crippen LogP contribution in [0.4, 0.5) is 0 Å². The Morgan fingerprint density at radius 3 is 2.52 bits per heavy atom. The largest absolute Gasteiger partial charge is 0.454 e. The van der Waals surface area contributed by atoms with Gasteiger partial charge < -0.3 is 14.8 Å². The highest BCUT2D eigenvalue weighted by Crippen LogP contribution is 2.34. The van der Waals surface area contributed by atoms with Crippen molar-refractivity contribution in [2.45, 2.75) is 32.9 Å². The molecule has 1 heterocycles. The van der Waals surface area contributed by atoms with Crippen LogP contribution in [-0.2, 0) is 0 Å². The van der Waals surface area contributed by atoms with Gasteiger partial charge in [0.25, 0.3) is 0 Å². The minimum Gasteiger partial charge on any atom is -0.454 e. The first-order valence-corrected chi connectivity index (χ1v) is 7.36. The van der Waals surface area contributed by atoms with Gasteiger partial charge in [-0.05, 0) is 49.6 Å². The Morgan fingerprint density at radius 2 is 1.71 bits per heavy atom. The smallest absolute Gasteiger partial charge is 0.231 e. The summed E-state index contributed by atoms with van der Waals surface area (Å²) in [6.45, 7) is 6.84. The zero-order valence-corrected chi connectivity index (χ0v) is 12.7. The first-order chi connectivity index (χ1) is 10.1. The predicted octanol–water partition coefficient (Wildman–Crippen LogP) is 4.14. The number of hydrogen-bond donors (Lipinski definition) is 1. The molecule has 110 valence electrons. The van der Waals surface area contributed by atoms with E-state index in [-0.39, 0.29) is 6.04 Å². The lowest BCUT2D eigenvalue weighted by Gasteiger charge is -2.22. The van der Waals surface area contributed by atoms with Crippen LogP contribution in [0.3, 0.4) is 0 Å². The second-order valence-electron chi connectivity index (χ2n) is 5.58. The van der Waals surface area contributed by atoms with E-state index in [0.29, 0.717) is 12.8 Å². The van der Waals surface area contributed by atoms with E-state index >= 15 is 0 Å². The van der Waals surface area contributed by atoms with Crippen LogP contribution >= 0.6 is 0 Å². The van der Waals surface area contributed by atoms with Gasteiger partial charge in [-0.25, -0.2) is 0 Å². The lowest BCUT2D eigenvalue weighted by Crippen LogP contribution is -2.23. The Kier molecular flexibility index (Phi) is 3.84. The van der Waals surface area contributed by atoms with E-state index in [1.54, 1.807) is 0 Å². The maximum atomic E-state index is 5.45.